The van der Waals surface area contributed by atoms with Gasteiger partial charge in [-0.05, 0) is 60.7 Å². The Labute approximate surface area is 93.4 Å². The quantitative estimate of drug-likeness (QED) is 0.660. The van der Waals surface area contributed by atoms with E-state index in [4.69, 9.17) is 0 Å². The highest BCUT2D eigenvalue weighted by Crippen LogP contribution is 2.10. The topological polar surface area (TPSA) is 12.0 Å². The number of nitrogens with one attached hydrogen (secondary N) is 1. The fourth-order valence-corrected chi connectivity index (χ4v) is 1.30. The maximum absolute atomic E-state index is 3.32. The van der Waals surface area contributed by atoms with E-state index in [0.717, 1.165) is 6.54 Å². The first-order chi connectivity index (χ1) is 6.18. The van der Waals surface area contributed by atoms with Gasteiger partial charge in [0.05, 0.1) is 0 Å². The molecule has 0 amide bonds. The van der Waals surface area contributed by atoms with Crippen LogP contribution in [0, 0.1) is 3.57 Å². The molecule has 1 N–H and O–H groups in total. The molecule has 0 unspecified atom stereocenters. The Morgan fingerprint density at radius 3 is 2.46 bits per heavy atom. The van der Waals surface area contributed by atoms with Crippen LogP contribution in [-0.4, -0.2) is 6.54 Å². The van der Waals surface area contributed by atoms with Gasteiger partial charge in [0.25, 0.3) is 0 Å². The molecule has 0 atom stereocenters. The number of anilines is 1. The van der Waals surface area contributed by atoms with Crippen LogP contribution in [0.3, 0.4) is 0 Å². The molecule has 0 saturated heterocycles. The van der Waals surface area contributed by atoms with Crippen LogP contribution >= 0.6 is 22.6 Å². The summed E-state index contributed by atoms with van der Waals surface area (Å²) in [6.45, 7) is 5.12. The monoisotopic (exact) mass is 287 g/mol. The predicted octanol–water partition coefficient (Wildman–Crippen LogP) is 3.67. The first-order valence-corrected chi connectivity index (χ1v) is 5.39. The van der Waals surface area contributed by atoms with Crippen LogP contribution in [0.15, 0.2) is 35.9 Å². The molecule has 0 aliphatic carbocycles. The summed E-state index contributed by atoms with van der Waals surface area (Å²) < 4.78 is 1.27. The SMILES string of the molecule is CC(C)=CCNc1ccc(I)cc1. The maximum Gasteiger partial charge on any atom is 0.0343 e. The van der Waals surface area contributed by atoms with Gasteiger partial charge in [-0.3, -0.25) is 0 Å². The molecule has 0 heterocycles. The van der Waals surface area contributed by atoms with Gasteiger partial charge < -0.3 is 5.32 Å². The van der Waals surface area contributed by atoms with Gasteiger partial charge in [-0.1, -0.05) is 11.6 Å². The second-order valence-electron chi connectivity index (χ2n) is 3.17. The van der Waals surface area contributed by atoms with Crippen molar-refractivity contribution >= 4 is 28.3 Å². The lowest BCUT2D eigenvalue weighted by atomic mass is 10.3. The lowest BCUT2D eigenvalue weighted by molar-refractivity contribution is 1.26. The summed E-state index contributed by atoms with van der Waals surface area (Å²) in [5, 5.41) is 3.32. The highest BCUT2D eigenvalue weighted by molar-refractivity contribution is 14.1. The van der Waals surface area contributed by atoms with Gasteiger partial charge in [0.1, 0.15) is 0 Å². The molecule has 0 radical (unpaired) electrons. The fourth-order valence-electron chi connectivity index (χ4n) is 0.941. The van der Waals surface area contributed by atoms with Crippen LogP contribution in [-0.2, 0) is 0 Å². The van der Waals surface area contributed by atoms with E-state index >= 15 is 0 Å². The van der Waals surface area contributed by atoms with Crippen molar-refractivity contribution in [1.29, 1.82) is 0 Å². The van der Waals surface area contributed by atoms with Crippen molar-refractivity contribution in [2.45, 2.75) is 13.8 Å². The van der Waals surface area contributed by atoms with Crippen LogP contribution in [0.25, 0.3) is 0 Å². The Bertz CT molecular complexity index is 283. The Morgan fingerprint density at radius 2 is 1.92 bits per heavy atom. The van der Waals surface area contributed by atoms with E-state index in [2.05, 4.69) is 72.1 Å². The minimum atomic E-state index is 0.906. The van der Waals surface area contributed by atoms with Crippen molar-refractivity contribution < 1.29 is 0 Å². The zero-order chi connectivity index (χ0) is 9.68. The standard InChI is InChI=1S/C11H14IN/c1-9(2)7-8-13-11-5-3-10(12)4-6-11/h3-7,13H,8H2,1-2H3. The zero-order valence-corrected chi connectivity index (χ0v) is 10.1. The van der Waals surface area contributed by atoms with Gasteiger partial charge in [0.15, 0.2) is 0 Å². The van der Waals surface area contributed by atoms with Crippen molar-refractivity contribution in [1.82, 2.24) is 0 Å². The first-order valence-electron chi connectivity index (χ1n) is 4.31. The van der Waals surface area contributed by atoms with E-state index in [0.29, 0.717) is 0 Å². The zero-order valence-electron chi connectivity index (χ0n) is 7.97. The molecular weight excluding hydrogens is 273 g/mol. The first kappa shape index (κ1) is 10.6. The molecule has 0 aromatic heterocycles. The molecule has 0 spiro atoms. The van der Waals surface area contributed by atoms with Crippen LogP contribution in [0.2, 0.25) is 0 Å². The van der Waals surface area contributed by atoms with Crippen molar-refractivity contribution in [2.24, 2.45) is 0 Å². The van der Waals surface area contributed by atoms with Gasteiger partial charge in [0, 0.05) is 15.8 Å². The molecule has 0 fully saturated rings. The van der Waals surface area contributed by atoms with Crippen molar-refractivity contribution in [3.05, 3.63) is 39.5 Å². The van der Waals surface area contributed by atoms with E-state index in [1.54, 1.807) is 0 Å². The summed E-state index contributed by atoms with van der Waals surface area (Å²) in [5.74, 6) is 0. The maximum atomic E-state index is 3.32. The molecule has 70 valence electrons. The average molecular weight is 287 g/mol. The number of allylic oxidation sites excluding steroid dienone is 1. The molecule has 1 aromatic carbocycles. The highest BCUT2D eigenvalue weighted by atomic mass is 127. The van der Waals surface area contributed by atoms with E-state index in [1.165, 1.54) is 14.8 Å². The van der Waals surface area contributed by atoms with Gasteiger partial charge in [-0.2, -0.15) is 0 Å². The summed E-state index contributed by atoms with van der Waals surface area (Å²) in [4.78, 5) is 0. The molecule has 13 heavy (non-hydrogen) atoms. The average Bonchev–Trinajstić information content (AvgIpc) is 2.08. The van der Waals surface area contributed by atoms with Gasteiger partial charge >= 0.3 is 0 Å². The number of hydrogen-bond donors (Lipinski definition) is 1. The number of halogens is 1. The normalized spacial score (nSPS) is 9.46. The van der Waals surface area contributed by atoms with Crippen LogP contribution < -0.4 is 5.32 Å². The molecule has 0 bridgehead atoms. The van der Waals surface area contributed by atoms with Gasteiger partial charge in [0.2, 0.25) is 0 Å². The molecular formula is C11H14IN. The Morgan fingerprint density at radius 1 is 1.31 bits per heavy atom. The number of rotatable bonds is 3. The van der Waals surface area contributed by atoms with E-state index in [-0.39, 0.29) is 0 Å². The molecule has 1 rings (SSSR count). The third-order valence-electron chi connectivity index (χ3n) is 1.66. The second kappa shape index (κ2) is 5.27. The molecule has 1 aromatic rings. The van der Waals surface area contributed by atoms with Crippen molar-refractivity contribution in [3.63, 3.8) is 0 Å². The summed E-state index contributed by atoms with van der Waals surface area (Å²) in [7, 11) is 0. The minimum absolute atomic E-state index is 0.906. The number of benzene rings is 1. The highest BCUT2D eigenvalue weighted by Gasteiger charge is 1.88. The summed E-state index contributed by atoms with van der Waals surface area (Å²) in [5.41, 5.74) is 2.52. The number of hydrogen-bond acceptors (Lipinski definition) is 1. The molecule has 2 heteroatoms. The lowest BCUT2D eigenvalue weighted by Gasteiger charge is -2.03. The van der Waals surface area contributed by atoms with Gasteiger partial charge in [-0.25, -0.2) is 0 Å². The lowest BCUT2D eigenvalue weighted by Crippen LogP contribution is -1.98. The third kappa shape index (κ3) is 4.31. The minimum Gasteiger partial charge on any atom is -0.382 e. The fraction of sp³-hybridized carbons (Fsp3) is 0.273. The second-order valence-corrected chi connectivity index (χ2v) is 4.41. The van der Waals surface area contributed by atoms with Crippen molar-refractivity contribution in [3.8, 4) is 0 Å². The summed E-state index contributed by atoms with van der Waals surface area (Å²) in [6.07, 6.45) is 2.18. The van der Waals surface area contributed by atoms with Crippen LogP contribution in [0.4, 0.5) is 5.69 Å². The van der Waals surface area contributed by atoms with E-state index in [9.17, 15) is 0 Å². The molecule has 0 saturated carbocycles. The van der Waals surface area contributed by atoms with Gasteiger partial charge in [-0.15, -0.1) is 0 Å². The smallest absolute Gasteiger partial charge is 0.0343 e. The Balaban J connectivity index is 2.46. The third-order valence-corrected chi connectivity index (χ3v) is 2.38. The molecule has 1 nitrogen and oxygen atoms in total. The largest absolute Gasteiger partial charge is 0.382 e. The Kier molecular flexibility index (Phi) is 4.28. The molecule has 0 aliphatic rings. The van der Waals surface area contributed by atoms with Crippen molar-refractivity contribution in [2.75, 3.05) is 11.9 Å². The van der Waals surface area contributed by atoms with E-state index < -0.39 is 0 Å². The predicted molar refractivity (Wildman–Crippen MR) is 67.1 cm³/mol. The molecule has 0 aliphatic heterocycles. The summed E-state index contributed by atoms with van der Waals surface area (Å²) >= 11 is 2.31. The summed E-state index contributed by atoms with van der Waals surface area (Å²) in [6, 6.07) is 8.40. The Hall–Kier alpha value is -0.510. The van der Waals surface area contributed by atoms with Crippen LogP contribution in [0.5, 0.6) is 0 Å². The van der Waals surface area contributed by atoms with E-state index in [1.807, 2.05) is 0 Å². The van der Waals surface area contributed by atoms with Crippen LogP contribution in [0.1, 0.15) is 13.8 Å².